The summed E-state index contributed by atoms with van der Waals surface area (Å²) in [6.45, 7) is 6.17. The highest BCUT2D eigenvalue weighted by Gasteiger charge is 2.39. The lowest BCUT2D eigenvalue weighted by atomic mass is 10.00. The number of aryl methyl sites for hydroxylation is 1. The Bertz CT molecular complexity index is 1470. The largest absolute Gasteiger partial charge is 0.530 e. The quantitative estimate of drug-likeness (QED) is 0.0894. The number of carbonyl (C=O) groups is 1. The number of hydrogen-bond acceptors (Lipinski definition) is 12. The Labute approximate surface area is 252 Å². The molecule has 1 aromatic carbocycles. The summed E-state index contributed by atoms with van der Waals surface area (Å²) in [6.07, 6.45) is -0.00376. The Hall–Kier alpha value is -2.94. The number of nitrogens with two attached hydrogens (primary N) is 1. The van der Waals surface area contributed by atoms with Crippen molar-refractivity contribution in [3.05, 3.63) is 72.9 Å². The van der Waals surface area contributed by atoms with Crippen LogP contribution in [0.3, 0.4) is 0 Å². The van der Waals surface area contributed by atoms with E-state index in [0.29, 0.717) is 6.42 Å². The molecule has 1 aliphatic heterocycles. The van der Waals surface area contributed by atoms with E-state index in [1.165, 1.54) is 17.7 Å². The number of phosphoric acid groups is 1. The predicted molar refractivity (Wildman–Crippen MR) is 160 cm³/mol. The molecule has 0 amide bonds. The summed E-state index contributed by atoms with van der Waals surface area (Å²) in [4.78, 5) is 41.5. The highest BCUT2D eigenvalue weighted by molar-refractivity contribution is 8.13. The third-order valence-electron chi connectivity index (χ3n) is 6.31. The molecule has 0 bridgehead atoms. The molecule has 1 aromatic heterocycles. The van der Waals surface area contributed by atoms with E-state index in [1.807, 2.05) is 0 Å². The lowest BCUT2D eigenvalue weighted by Crippen LogP contribution is -2.33. The van der Waals surface area contributed by atoms with Crippen LogP contribution < -0.4 is 21.5 Å². The standard InChI is InChI=1S/C26H37N6O9PS/c1-16-13-32(25(36)29-23(16)34)22-12-20(30-31-28)21(40-22)15-39-42(37,38-9-10-43-24(35)26(2,3)4)41-19-7-5-17(6-8-19)11-18(27)14-33/h5-8,13,18,20-22,33H,9-12,14-15,27H2,1-4H3,(H,29,34,36)/t18-,20?,21+,22+,42?/m0/s1. The fourth-order valence-electron chi connectivity index (χ4n) is 3.96. The van der Waals surface area contributed by atoms with E-state index in [2.05, 4.69) is 15.0 Å². The molecular weight excluding hydrogens is 603 g/mol. The number of aromatic nitrogens is 2. The fraction of sp³-hybridized carbons (Fsp3) is 0.577. The van der Waals surface area contributed by atoms with Crippen LogP contribution in [0.4, 0.5) is 0 Å². The van der Waals surface area contributed by atoms with Gasteiger partial charge in [-0.25, -0.2) is 9.36 Å². The number of aliphatic hydroxyl groups excluding tert-OH is 1. The van der Waals surface area contributed by atoms with Crippen LogP contribution in [0.1, 0.15) is 44.5 Å². The van der Waals surface area contributed by atoms with Crippen molar-refractivity contribution < 1.29 is 32.8 Å². The second-order valence-corrected chi connectivity index (χ2v) is 13.6. The summed E-state index contributed by atoms with van der Waals surface area (Å²) < 4.78 is 37.7. The molecule has 15 nitrogen and oxygen atoms in total. The Morgan fingerprint density at radius 1 is 1.33 bits per heavy atom. The molecule has 3 rings (SSSR count). The molecule has 1 fully saturated rings. The van der Waals surface area contributed by atoms with Crippen LogP contribution in [0, 0.1) is 12.3 Å². The number of carbonyl (C=O) groups excluding carboxylic acids is 1. The van der Waals surface area contributed by atoms with Crippen LogP contribution in [0.25, 0.3) is 10.4 Å². The highest BCUT2D eigenvalue weighted by Crippen LogP contribution is 2.50. The smallest absolute Gasteiger partial charge is 0.404 e. The first-order chi connectivity index (χ1) is 20.2. The van der Waals surface area contributed by atoms with Crippen molar-refractivity contribution in [1.29, 1.82) is 0 Å². The zero-order valence-corrected chi connectivity index (χ0v) is 26.1. The van der Waals surface area contributed by atoms with Gasteiger partial charge < -0.3 is 20.1 Å². The molecular formula is C26H37N6O9PS. The summed E-state index contributed by atoms with van der Waals surface area (Å²) in [5.41, 5.74) is 14.2. The average molecular weight is 641 g/mol. The molecule has 5 atom stereocenters. The van der Waals surface area contributed by atoms with Crippen molar-refractivity contribution in [2.45, 2.75) is 65.0 Å². The number of nitrogens with one attached hydrogen (secondary N) is 1. The molecule has 4 N–H and O–H groups in total. The Morgan fingerprint density at radius 3 is 2.65 bits per heavy atom. The van der Waals surface area contributed by atoms with Crippen LogP contribution in [0.2, 0.25) is 0 Å². The van der Waals surface area contributed by atoms with Crippen molar-refractivity contribution in [1.82, 2.24) is 9.55 Å². The monoisotopic (exact) mass is 640 g/mol. The van der Waals surface area contributed by atoms with Gasteiger partial charge in [-0.3, -0.25) is 28.2 Å². The minimum absolute atomic E-state index is 0.0696. The van der Waals surface area contributed by atoms with Gasteiger partial charge in [0.15, 0.2) is 5.12 Å². The molecule has 2 heterocycles. The van der Waals surface area contributed by atoms with E-state index in [-0.39, 0.29) is 41.8 Å². The molecule has 43 heavy (non-hydrogen) atoms. The molecule has 0 radical (unpaired) electrons. The van der Waals surface area contributed by atoms with E-state index in [4.69, 9.17) is 29.6 Å². The zero-order chi connectivity index (χ0) is 31.8. The van der Waals surface area contributed by atoms with Gasteiger partial charge in [0.05, 0.1) is 32.0 Å². The summed E-state index contributed by atoms with van der Waals surface area (Å²) >= 11 is 1.03. The van der Waals surface area contributed by atoms with Crippen LogP contribution in [-0.4, -0.2) is 63.5 Å². The van der Waals surface area contributed by atoms with E-state index in [0.717, 1.165) is 17.3 Å². The fourth-order valence-corrected chi connectivity index (χ4v) is 6.07. The van der Waals surface area contributed by atoms with Crippen molar-refractivity contribution in [2.24, 2.45) is 16.3 Å². The second kappa shape index (κ2) is 15.2. The number of thioether (sulfide) groups is 1. The first-order valence-electron chi connectivity index (χ1n) is 13.5. The third-order valence-corrected chi connectivity index (χ3v) is 8.95. The summed E-state index contributed by atoms with van der Waals surface area (Å²) in [5.74, 6) is 0.345. The van der Waals surface area contributed by atoms with Crippen LogP contribution in [0.5, 0.6) is 5.75 Å². The summed E-state index contributed by atoms with van der Waals surface area (Å²) in [5, 5.41) is 12.9. The number of H-pyrrole nitrogens is 1. The van der Waals surface area contributed by atoms with Gasteiger partial charge in [0, 0.05) is 40.3 Å². The molecule has 17 heteroatoms. The lowest BCUT2D eigenvalue weighted by molar-refractivity contribution is -0.117. The molecule has 0 saturated carbocycles. The maximum atomic E-state index is 13.8. The molecule has 0 spiro atoms. The average Bonchev–Trinajstić information content (AvgIpc) is 3.35. The Morgan fingerprint density at radius 2 is 2.02 bits per heavy atom. The first kappa shape index (κ1) is 34.5. The Balaban J connectivity index is 1.76. The number of aromatic amines is 1. The molecule has 2 aromatic rings. The van der Waals surface area contributed by atoms with Crippen LogP contribution in [-0.2, 0) is 29.6 Å². The van der Waals surface area contributed by atoms with Gasteiger partial charge in [-0.1, -0.05) is 49.8 Å². The van der Waals surface area contributed by atoms with E-state index in [1.54, 1.807) is 45.0 Å². The van der Waals surface area contributed by atoms with E-state index in [9.17, 15) is 24.1 Å². The lowest BCUT2D eigenvalue weighted by Gasteiger charge is -2.22. The van der Waals surface area contributed by atoms with Gasteiger partial charge in [0.2, 0.25) is 0 Å². The van der Waals surface area contributed by atoms with Gasteiger partial charge in [-0.2, -0.15) is 0 Å². The third kappa shape index (κ3) is 10.1. The van der Waals surface area contributed by atoms with Crippen molar-refractivity contribution >= 4 is 24.7 Å². The van der Waals surface area contributed by atoms with Gasteiger partial charge in [0.25, 0.3) is 5.56 Å². The number of phosphoric ester groups is 1. The molecule has 1 saturated heterocycles. The minimum Gasteiger partial charge on any atom is -0.404 e. The molecule has 0 aliphatic carbocycles. The van der Waals surface area contributed by atoms with E-state index < -0.39 is 55.5 Å². The molecule has 2 unspecified atom stereocenters. The van der Waals surface area contributed by atoms with Crippen molar-refractivity contribution in [2.75, 3.05) is 25.6 Å². The topological polar surface area (TPSA) is 221 Å². The SMILES string of the molecule is Cc1cn([C@H]2CC(N=[N+]=[N-])[C@@H](COP(=O)(OCCSC(=O)C(C)(C)C)Oc3ccc(C[C@H](N)CO)cc3)O2)c(=O)[nH]c1=O. The van der Waals surface area contributed by atoms with Crippen molar-refractivity contribution in [3.63, 3.8) is 0 Å². The van der Waals surface area contributed by atoms with Crippen LogP contribution >= 0.6 is 19.6 Å². The van der Waals surface area contributed by atoms with Gasteiger partial charge >= 0.3 is 13.5 Å². The highest BCUT2D eigenvalue weighted by atomic mass is 32.2. The summed E-state index contributed by atoms with van der Waals surface area (Å²) in [6, 6.07) is 5.24. The molecule has 236 valence electrons. The van der Waals surface area contributed by atoms with E-state index >= 15 is 0 Å². The minimum atomic E-state index is -4.32. The number of nitrogens with zero attached hydrogens (tertiary/aromatic N) is 4. The maximum absolute atomic E-state index is 13.8. The van der Waals surface area contributed by atoms with Crippen LogP contribution in [0.15, 0.2) is 45.2 Å². The molecule has 1 aliphatic rings. The second-order valence-electron chi connectivity index (χ2n) is 11.0. The number of ether oxygens (including phenoxy) is 1. The van der Waals surface area contributed by atoms with Gasteiger partial charge in [-0.15, -0.1) is 0 Å². The first-order valence-corrected chi connectivity index (χ1v) is 15.9. The summed E-state index contributed by atoms with van der Waals surface area (Å²) in [7, 11) is -4.32. The van der Waals surface area contributed by atoms with Gasteiger partial charge in [-0.05, 0) is 36.6 Å². The zero-order valence-electron chi connectivity index (χ0n) is 24.4. The number of aliphatic hydroxyl groups is 1. The number of benzene rings is 1. The Kier molecular flexibility index (Phi) is 12.2. The maximum Gasteiger partial charge on any atom is 0.530 e. The number of rotatable bonds is 14. The number of azide groups is 1. The number of hydrogen-bond donors (Lipinski definition) is 3. The normalized spacial score (nSPS) is 20.7. The predicted octanol–water partition coefficient (Wildman–Crippen LogP) is 3.20. The van der Waals surface area contributed by atoms with Crippen molar-refractivity contribution in [3.8, 4) is 5.75 Å². The van der Waals surface area contributed by atoms with Gasteiger partial charge in [0.1, 0.15) is 12.0 Å².